The van der Waals surface area contributed by atoms with Crippen LogP contribution in [0.25, 0.3) is 0 Å². The highest BCUT2D eigenvalue weighted by atomic mass is 16.5. The van der Waals surface area contributed by atoms with Gasteiger partial charge in [0.05, 0.1) is 6.04 Å². The van der Waals surface area contributed by atoms with E-state index in [0.29, 0.717) is 6.10 Å². The van der Waals surface area contributed by atoms with E-state index in [9.17, 15) is 4.79 Å². The molecule has 102 valence electrons. The van der Waals surface area contributed by atoms with Crippen LogP contribution in [0.5, 0.6) is 5.75 Å². The minimum atomic E-state index is 0.0625. The molecule has 2 fully saturated rings. The maximum Gasteiger partial charge on any atom is 0.223 e. The normalized spacial score (nSPS) is 20.5. The predicted octanol–water partition coefficient (Wildman–Crippen LogP) is 1.62. The zero-order chi connectivity index (χ0) is 13.2. The molecule has 1 atom stereocenters. The van der Waals surface area contributed by atoms with Crippen molar-refractivity contribution in [2.45, 2.75) is 31.9 Å². The number of hydrogen-bond donors (Lipinski definition) is 2. The molecular weight excluding hydrogens is 240 g/mol. The molecule has 2 N–H and O–H groups in total. The van der Waals surface area contributed by atoms with E-state index in [4.69, 9.17) is 4.74 Å². The Kier molecular flexibility index (Phi) is 3.42. The van der Waals surface area contributed by atoms with E-state index in [1.54, 1.807) is 0 Å². The van der Waals surface area contributed by atoms with Gasteiger partial charge in [0, 0.05) is 19.0 Å². The molecule has 1 saturated heterocycles. The molecule has 1 amide bonds. The summed E-state index contributed by atoms with van der Waals surface area (Å²) in [6, 6.07) is 8.08. The lowest BCUT2D eigenvalue weighted by molar-refractivity contribution is -0.122. The molecular formula is C15H20N2O2. The Morgan fingerprint density at radius 3 is 2.53 bits per heavy atom. The molecule has 0 radical (unpaired) electrons. The number of carbonyl (C=O) groups excluding carboxylic acids is 1. The first kappa shape index (κ1) is 12.5. The summed E-state index contributed by atoms with van der Waals surface area (Å²) in [6.45, 7) is 3.87. The third kappa shape index (κ3) is 3.07. The summed E-state index contributed by atoms with van der Waals surface area (Å²) in [4.78, 5) is 11.7. The van der Waals surface area contributed by atoms with Crippen molar-refractivity contribution in [3.63, 3.8) is 0 Å². The van der Waals surface area contributed by atoms with Crippen molar-refractivity contribution in [3.05, 3.63) is 29.8 Å². The highest BCUT2D eigenvalue weighted by Gasteiger charge is 2.30. The summed E-state index contributed by atoms with van der Waals surface area (Å²) in [5.41, 5.74) is 1.12. The van der Waals surface area contributed by atoms with Crippen LogP contribution in [0.1, 0.15) is 31.4 Å². The molecule has 4 heteroatoms. The van der Waals surface area contributed by atoms with Crippen LogP contribution in [-0.4, -0.2) is 25.1 Å². The van der Waals surface area contributed by atoms with Gasteiger partial charge in [0.15, 0.2) is 0 Å². The molecule has 2 aliphatic rings. The third-order valence-electron chi connectivity index (χ3n) is 3.73. The van der Waals surface area contributed by atoms with Crippen molar-refractivity contribution in [2.75, 3.05) is 13.1 Å². The summed E-state index contributed by atoms with van der Waals surface area (Å²) in [5.74, 6) is 1.35. The summed E-state index contributed by atoms with van der Waals surface area (Å²) in [7, 11) is 0. The van der Waals surface area contributed by atoms with E-state index in [0.717, 1.165) is 37.2 Å². The minimum absolute atomic E-state index is 0.0625. The second-order valence-corrected chi connectivity index (χ2v) is 5.47. The van der Waals surface area contributed by atoms with Gasteiger partial charge in [-0.2, -0.15) is 0 Å². The van der Waals surface area contributed by atoms with Crippen LogP contribution < -0.4 is 15.4 Å². The molecule has 1 heterocycles. The molecule has 1 aliphatic carbocycles. The first-order valence-corrected chi connectivity index (χ1v) is 7.00. The number of amides is 1. The SMILES string of the molecule is CC(NC(=O)C1CC1)c1ccc(OC2CNC2)cc1. The van der Waals surface area contributed by atoms with Crippen LogP contribution in [0.4, 0.5) is 0 Å². The van der Waals surface area contributed by atoms with E-state index in [2.05, 4.69) is 10.6 Å². The van der Waals surface area contributed by atoms with Gasteiger partial charge in [-0.25, -0.2) is 0 Å². The molecule has 19 heavy (non-hydrogen) atoms. The standard InChI is InChI=1S/C15H20N2O2/c1-10(17-15(18)12-2-3-12)11-4-6-13(7-5-11)19-14-8-16-9-14/h4-7,10,12,14,16H,2-3,8-9H2,1H3,(H,17,18). The molecule has 1 unspecified atom stereocenters. The van der Waals surface area contributed by atoms with Crippen LogP contribution in [0.15, 0.2) is 24.3 Å². The van der Waals surface area contributed by atoms with E-state index in [1.165, 1.54) is 0 Å². The van der Waals surface area contributed by atoms with Gasteiger partial charge in [-0.15, -0.1) is 0 Å². The van der Waals surface area contributed by atoms with Crippen LogP contribution in [0.2, 0.25) is 0 Å². The Morgan fingerprint density at radius 1 is 1.32 bits per heavy atom. The van der Waals surface area contributed by atoms with Gasteiger partial charge in [0.1, 0.15) is 11.9 Å². The summed E-state index contributed by atoms with van der Waals surface area (Å²) < 4.78 is 5.76. The Balaban J connectivity index is 1.55. The zero-order valence-electron chi connectivity index (χ0n) is 11.2. The average Bonchev–Trinajstić information content (AvgIpc) is 3.18. The topological polar surface area (TPSA) is 50.4 Å². The maximum absolute atomic E-state index is 11.7. The van der Waals surface area contributed by atoms with Crippen LogP contribution in [-0.2, 0) is 4.79 Å². The quantitative estimate of drug-likeness (QED) is 0.846. The van der Waals surface area contributed by atoms with Gasteiger partial charge >= 0.3 is 0 Å². The van der Waals surface area contributed by atoms with Crippen molar-refractivity contribution in [3.8, 4) is 5.75 Å². The van der Waals surface area contributed by atoms with Crippen LogP contribution in [0.3, 0.4) is 0 Å². The molecule has 0 spiro atoms. The fraction of sp³-hybridized carbons (Fsp3) is 0.533. The fourth-order valence-electron chi connectivity index (χ4n) is 2.13. The monoisotopic (exact) mass is 260 g/mol. The molecule has 4 nitrogen and oxygen atoms in total. The highest BCUT2D eigenvalue weighted by molar-refractivity contribution is 5.81. The number of rotatable bonds is 5. The lowest BCUT2D eigenvalue weighted by atomic mass is 10.1. The van der Waals surface area contributed by atoms with E-state index in [1.807, 2.05) is 31.2 Å². The zero-order valence-corrected chi connectivity index (χ0v) is 11.2. The molecule has 1 aliphatic heterocycles. The number of ether oxygens (including phenoxy) is 1. The molecule has 0 aromatic heterocycles. The van der Waals surface area contributed by atoms with Crippen molar-refractivity contribution in [1.29, 1.82) is 0 Å². The summed E-state index contributed by atoms with van der Waals surface area (Å²) in [6.07, 6.45) is 2.39. The first-order chi connectivity index (χ1) is 9.22. The Hall–Kier alpha value is -1.55. The lowest BCUT2D eigenvalue weighted by Crippen LogP contribution is -2.50. The van der Waals surface area contributed by atoms with Crippen molar-refractivity contribution in [1.82, 2.24) is 10.6 Å². The lowest BCUT2D eigenvalue weighted by Gasteiger charge is -2.28. The maximum atomic E-state index is 11.7. The number of benzene rings is 1. The van der Waals surface area contributed by atoms with Gasteiger partial charge in [-0.05, 0) is 37.5 Å². The summed E-state index contributed by atoms with van der Waals surface area (Å²) in [5, 5.41) is 6.23. The van der Waals surface area contributed by atoms with Crippen LogP contribution in [0, 0.1) is 5.92 Å². The van der Waals surface area contributed by atoms with E-state index >= 15 is 0 Å². The fourth-order valence-corrected chi connectivity index (χ4v) is 2.13. The van der Waals surface area contributed by atoms with E-state index in [-0.39, 0.29) is 17.9 Å². The Labute approximate surface area is 113 Å². The number of nitrogens with one attached hydrogen (secondary N) is 2. The van der Waals surface area contributed by atoms with Crippen molar-refractivity contribution in [2.24, 2.45) is 5.92 Å². The molecule has 0 bridgehead atoms. The smallest absolute Gasteiger partial charge is 0.223 e. The van der Waals surface area contributed by atoms with Gasteiger partial charge in [-0.1, -0.05) is 12.1 Å². The number of carbonyl (C=O) groups is 1. The van der Waals surface area contributed by atoms with E-state index < -0.39 is 0 Å². The average molecular weight is 260 g/mol. The van der Waals surface area contributed by atoms with Gasteiger partial charge in [-0.3, -0.25) is 4.79 Å². The second-order valence-electron chi connectivity index (χ2n) is 5.47. The van der Waals surface area contributed by atoms with Crippen molar-refractivity contribution >= 4 is 5.91 Å². The second kappa shape index (κ2) is 5.21. The Morgan fingerprint density at radius 2 is 2.00 bits per heavy atom. The first-order valence-electron chi connectivity index (χ1n) is 7.00. The molecule has 3 rings (SSSR count). The van der Waals surface area contributed by atoms with Crippen LogP contribution >= 0.6 is 0 Å². The Bertz CT molecular complexity index is 450. The van der Waals surface area contributed by atoms with Crippen molar-refractivity contribution < 1.29 is 9.53 Å². The molecule has 1 saturated carbocycles. The molecule has 1 aromatic rings. The molecule has 1 aromatic carbocycles. The minimum Gasteiger partial charge on any atom is -0.488 e. The van der Waals surface area contributed by atoms with Gasteiger partial charge in [0.25, 0.3) is 0 Å². The predicted molar refractivity (Wildman–Crippen MR) is 73.0 cm³/mol. The highest BCUT2D eigenvalue weighted by Crippen LogP contribution is 2.30. The van der Waals surface area contributed by atoms with Gasteiger partial charge in [0.2, 0.25) is 5.91 Å². The largest absolute Gasteiger partial charge is 0.488 e. The number of hydrogen-bond acceptors (Lipinski definition) is 3. The van der Waals surface area contributed by atoms with Gasteiger partial charge < -0.3 is 15.4 Å². The summed E-state index contributed by atoms with van der Waals surface area (Å²) >= 11 is 0. The third-order valence-corrected chi connectivity index (χ3v) is 3.73.